The van der Waals surface area contributed by atoms with Crippen molar-refractivity contribution in [3.8, 4) is 5.75 Å². The molecule has 0 fully saturated rings. The van der Waals surface area contributed by atoms with Crippen LogP contribution < -0.4 is 10.1 Å². The molecule has 0 atom stereocenters. The molecule has 1 aromatic heterocycles. The molecule has 0 spiro atoms. The van der Waals surface area contributed by atoms with Gasteiger partial charge >= 0.3 is 0 Å². The fourth-order valence-corrected chi connectivity index (χ4v) is 3.21. The second-order valence-corrected chi connectivity index (χ2v) is 7.01. The minimum atomic E-state index is 0.624. The smallest absolute Gasteiger partial charge is 0.193 e. The van der Waals surface area contributed by atoms with E-state index in [-0.39, 0.29) is 0 Å². The molecule has 142 valence electrons. The Morgan fingerprint density at radius 3 is 2.69 bits per heavy atom. The molecule has 0 aliphatic rings. The lowest BCUT2D eigenvalue weighted by atomic mass is 10.2. The van der Waals surface area contributed by atoms with Crippen LogP contribution in [0.2, 0.25) is 0 Å². The van der Waals surface area contributed by atoms with Crippen LogP contribution in [0.4, 0.5) is 0 Å². The van der Waals surface area contributed by atoms with Gasteiger partial charge in [-0.1, -0.05) is 18.2 Å². The number of guanidine groups is 1. The lowest BCUT2D eigenvalue weighted by molar-refractivity contribution is 0.119. The normalized spacial score (nSPS) is 11.4. The highest BCUT2D eigenvalue weighted by atomic mass is 32.1. The maximum atomic E-state index is 5.73. The van der Waals surface area contributed by atoms with Gasteiger partial charge in [0.15, 0.2) is 5.96 Å². The monoisotopic (exact) mass is 375 g/mol. The van der Waals surface area contributed by atoms with E-state index < -0.39 is 0 Å². The van der Waals surface area contributed by atoms with E-state index in [0.29, 0.717) is 6.61 Å². The van der Waals surface area contributed by atoms with E-state index in [1.165, 1.54) is 4.88 Å². The third kappa shape index (κ3) is 7.06. The highest BCUT2D eigenvalue weighted by molar-refractivity contribution is 7.09. The van der Waals surface area contributed by atoms with Gasteiger partial charge < -0.3 is 19.7 Å². The van der Waals surface area contributed by atoms with Crippen LogP contribution in [-0.2, 0) is 17.8 Å². The zero-order valence-corrected chi connectivity index (χ0v) is 16.7. The Bertz CT molecular complexity index is 642. The van der Waals surface area contributed by atoms with Crippen LogP contribution in [0.5, 0.6) is 5.75 Å². The van der Waals surface area contributed by atoms with Crippen molar-refractivity contribution in [1.29, 1.82) is 0 Å². The number of methoxy groups -OCH3 is 1. The summed E-state index contributed by atoms with van der Waals surface area (Å²) in [4.78, 5) is 7.92. The molecule has 0 aliphatic carbocycles. The summed E-state index contributed by atoms with van der Waals surface area (Å²) in [6, 6.07) is 12.2. The lowest BCUT2D eigenvalue weighted by Crippen LogP contribution is -2.40. The van der Waals surface area contributed by atoms with Crippen LogP contribution in [0.3, 0.4) is 0 Å². The highest BCUT2D eigenvalue weighted by Crippen LogP contribution is 2.12. The molecule has 0 unspecified atom stereocenters. The van der Waals surface area contributed by atoms with Gasteiger partial charge in [-0.15, -0.1) is 11.3 Å². The van der Waals surface area contributed by atoms with Crippen molar-refractivity contribution in [2.24, 2.45) is 4.99 Å². The number of nitrogens with one attached hydrogen (secondary N) is 1. The largest absolute Gasteiger partial charge is 0.497 e. The molecule has 6 heteroatoms. The predicted octanol–water partition coefficient (Wildman–Crippen LogP) is 3.41. The first-order valence-corrected chi connectivity index (χ1v) is 9.75. The third-order valence-electron chi connectivity index (χ3n) is 4.02. The summed E-state index contributed by atoms with van der Waals surface area (Å²) in [5.41, 5.74) is 1.16. The third-order valence-corrected chi connectivity index (χ3v) is 4.96. The van der Waals surface area contributed by atoms with Gasteiger partial charge in [-0.05, 0) is 42.0 Å². The molecule has 26 heavy (non-hydrogen) atoms. The Morgan fingerprint density at radius 1 is 1.23 bits per heavy atom. The van der Waals surface area contributed by atoms with Gasteiger partial charge in [0.05, 0.1) is 13.7 Å². The van der Waals surface area contributed by atoms with E-state index in [9.17, 15) is 0 Å². The molecule has 1 N–H and O–H groups in total. The Hall–Kier alpha value is -2.05. The van der Waals surface area contributed by atoms with E-state index in [1.807, 2.05) is 31.3 Å². The lowest BCUT2D eigenvalue weighted by Gasteiger charge is -2.21. The molecule has 0 bridgehead atoms. The van der Waals surface area contributed by atoms with Crippen molar-refractivity contribution < 1.29 is 9.47 Å². The summed E-state index contributed by atoms with van der Waals surface area (Å²) in [5, 5.41) is 5.52. The molecule has 5 nitrogen and oxygen atoms in total. The van der Waals surface area contributed by atoms with E-state index in [1.54, 1.807) is 18.4 Å². The minimum Gasteiger partial charge on any atom is -0.497 e. The zero-order chi connectivity index (χ0) is 18.6. The van der Waals surface area contributed by atoms with Crippen molar-refractivity contribution in [2.75, 3.05) is 40.9 Å². The second kappa shape index (κ2) is 11.5. The summed E-state index contributed by atoms with van der Waals surface area (Å²) in [6.07, 6.45) is 1.98. The number of nitrogens with zero attached hydrogens (tertiary/aromatic N) is 2. The van der Waals surface area contributed by atoms with Gasteiger partial charge in [-0.25, -0.2) is 0 Å². The Morgan fingerprint density at radius 2 is 2.04 bits per heavy atom. The van der Waals surface area contributed by atoms with Crippen LogP contribution in [0, 0.1) is 0 Å². The first-order valence-electron chi connectivity index (χ1n) is 8.87. The molecule has 0 radical (unpaired) electrons. The molecular weight excluding hydrogens is 346 g/mol. The van der Waals surface area contributed by atoms with E-state index >= 15 is 0 Å². The van der Waals surface area contributed by atoms with Gasteiger partial charge in [0.25, 0.3) is 0 Å². The Balaban J connectivity index is 1.58. The zero-order valence-electron chi connectivity index (χ0n) is 15.9. The Kier molecular flexibility index (Phi) is 9.00. The fourth-order valence-electron chi connectivity index (χ4n) is 2.51. The minimum absolute atomic E-state index is 0.624. The molecule has 0 amide bonds. The number of hydrogen-bond acceptors (Lipinski definition) is 4. The molecule has 1 aromatic carbocycles. The maximum Gasteiger partial charge on any atom is 0.193 e. The summed E-state index contributed by atoms with van der Waals surface area (Å²) < 4.78 is 10.9. The van der Waals surface area contributed by atoms with Crippen molar-refractivity contribution >= 4 is 17.3 Å². The number of aliphatic imine (C=N–C) groups is 1. The van der Waals surface area contributed by atoms with E-state index in [0.717, 1.165) is 49.8 Å². The summed E-state index contributed by atoms with van der Waals surface area (Å²) in [5.74, 6) is 1.80. The fraction of sp³-hybridized carbons (Fsp3) is 0.450. The molecule has 0 aliphatic heterocycles. The number of benzene rings is 1. The van der Waals surface area contributed by atoms with Gasteiger partial charge in [0, 0.05) is 38.7 Å². The van der Waals surface area contributed by atoms with Crippen molar-refractivity contribution in [2.45, 2.75) is 19.4 Å². The topological polar surface area (TPSA) is 46.1 Å². The molecule has 2 aromatic rings. The highest BCUT2D eigenvalue weighted by Gasteiger charge is 2.05. The van der Waals surface area contributed by atoms with Crippen LogP contribution in [-0.4, -0.2) is 51.8 Å². The summed E-state index contributed by atoms with van der Waals surface area (Å²) in [7, 11) is 5.57. The molecular formula is C20H29N3O2S. The molecule has 0 saturated heterocycles. The predicted molar refractivity (Wildman–Crippen MR) is 109 cm³/mol. The van der Waals surface area contributed by atoms with Crippen LogP contribution in [0.1, 0.15) is 16.9 Å². The number of rotatable bonds is 10. The van der Waals surface area contributed by atoms with Gasteiger partial charge in [0.2, 0.25) is 0 Å². The van der Waals surface area contributed by atoms with Crippen molar-refractivity contribution in [1.82, 2.24) is 10.2 Å². The van der Waals surface area contributed by atoms with Crippen LogP contribution in [0.25, 0.3) is 0 Å². The Labute approximate surface area is 160 Å². The summed E-state index contributed by atoms with van der Waals surface area (Å²) in [6.45, 7) is 3.14. The van der Waals surface area contributed by atoms with Gasteiger partial charge in [-0.2, -0.15) is 0 Å². The first-order chi connectivity index (χ1) is 12.7. The van der Waals surface area contributed by atoms with Crippen LogP contribution in [0.15, 0.2) is 46.8 Å². The van der Waals surface area contributed by atoms with Gasteiger partial charge in [-0.3, -0.25) is 4.99 Å². The van der Waals surface area contributed by atoms with Crippen LogP contribution >= 0.6 is 11.3 Å². The summed E-state index contributed by atoms with van der Waals surface area (Å²) >= 11 is 1.80. The number of thiophene rings is 1. The van der Waals surface area contributed by atoms with Gasteiger partial charge in [0.1, 0.15) is 5.75 Å². The number of ether oxygens (including phenoxy) is 2. The quantitative estimate of drug-likeness (QED) is 0.393. The SMILES string of the molecule is CN=C(NCCCOCc1ccc(OC)cc1)N(C)CCc1cccs1. The average Bonchev–Trinajstić information content (AvgIpc) is 3.19. The molecule has 1 heterocycles. The van der Waals surface area contributed by atoms with E-state index in [2.05, 4.69) is 39.8 Å². The standard InChI is InChI=1S/C20H29N3O2S/c1-21-20(23(2)13-11-19-6-4-15-26-19)22-12-5-14-25-16-17-7-9-18(24-3)10-8-17/h4,6-10,15H,5,11-14,16H2,1-3H3,(H,21,22). The first kappa shape index (κ1) is 20.3. The second-order valence-electron chi connectivity index (χ2n) is 5.98. The number of likely N-dealkylation sites (N-methyl/N-ethyl adjacent to an activating group) is 1. The molecule has 0 saturated carbocycles. The molecule has 2 rings (SSSR count). The number of hydrogen-bond donors (Lipinski definition) is 1. The van der Waals surface area contributed by atoms with E-state index in [4.69, 9.17) is 9.47 Å². The van der Waals surface area contributed by atoms with Crippen molar-refractivity contribution in [3.63, 3.8) is 0 Å². The van der Waals surface area contributed by atoms with Crippen molar-refractivity contribution in [3.05, 3.63) is 52.2 Å². The maximum absolute atomic E-state index is 5.73. The average molecular weight is 376 g/mol.